The molecule has 0 bridgehead atoms. The lowest BCUT2D eigenvalue weighted by atomic mass is 10.1. The van der Waals surface area contributed by atoms with Crippen molar-refractivity contribution in [3.8, 4) is 5.75 Å². The standard InChI is InChI=1S/C16H12N2O4S2/c19-13-7-6-10-8-12(23)9-14(24(20,21)22)15(10)16(13)18-17-11-4-2-1-3-5-11/h1-9,19,23H,(H,20,21,22). The van der Waals surface area contributed by atoms with Gasteiger partial charge in [0.15, 0.2) is 0 Å². The number of hydrogen-bond donors (Lipinski definition) is 3. The maximum atomic E-state index is 11.7. The van der Waals surface area contributed by atoms with E-state index in [1.807, 2.05) is 6.07 Å². The molecule has 0 saturated heterocycles. The van der Waals surface area contributed by atoms with Gasteiger partial charge in [0.1, 0.15) is 16.3 Å². The fraction of sp³-hybridized carbons (Fsp3) is 0. The predicted octanol–water partition coefficient (Wildman–Crippen LogP) is 4.50. The van der Waals surface area contributed by atoms with Gasteiger partial charge in [-0.3, -0.25) is 4.55 Å². The Labute approximate surface area is 143 Å². The Morgan fingerprint density at radius 2 is 1.67 bits per heavy atom. The highest BCUT2D eigenvalue weighted by atomic mass is 32.2. The molecule has 24 heavy (non-hydrogen) atoms. The van der Waals surface area contributed by atoms with Crippen molar-refractivity contribution in [1.82, 2.24) is 0 Å². The van der Waals surface area contributed by atoms with Crippen molar-refractivity contribution in [2.24, 2.45) is 10.2 Å². The predicted molar refractivity (Wildman–Crippen MR) is 93.3 cm³/mol. The molecule has 0 aliphatic rings. The summed E-state index contributed by atoms with van der Waals surface area (Å²) in [6.45, 7) is 0. The second kappa shape index (κ2) is 6.23. The Hall–Kier alpha value is -2.42. The fourth-order valence-electron chi connectivity index (χ4n) is 2.29. The van der Waals surface area contributed by atoms with Gasteiger partial charge in [-0.2, -0.15) is 13.5 Å². The first-order chi connectivity index (χ1) is 11.4. The van der Waals surface area contributed by atoms with Crippen LogP contribution in [0.25, 0.3) is 10.8 Å². The molecule has 0 aliphatic carbocycles. The highest BCUT2D eigenvalue weighted by Crippen LogP contribution is 2.40. The van der Waals surface area contributed by atoms with Gasteiger partial charge in [-0.15, -0.1) is 17.7 Å². The molecule has 2 N–H and O–H groups in total. The van der Waals surface area contributed by atoms with Crippen molar-refractivity contribution in [1.29, 1.82) is 0 Å². The molecule has 0 aliphatic heterocycles. The lowest BCUT2D eigenvalue weighted by Crippen LogP contribution is -1.99. The Morgan fingerprint density at radius 1 is 0.958 bits per heavy atom. The van der Waals surface area contributed by atoms with Crippen molar-refractivity contribution in [3.05, 3.63) is 54.6 Å². The van der Waals surface area contributed by atoms with Crippen LogP contribution in [-0.2, 0) is 10.1 Å². The third-order valence-corrected chi connectivity index (χ3v) is 4.45. The number of aromatic hydroxyl groups is 1. The molecule has 0 radical (unpaired) electrons. The van der Waals surface area contributed by atoms with Crippen LogP contribution in [0.2, 0.25) is 0 Å². The van der Waals surface area contributed by atoms with E-state index >= 15 is 0 Å². The molecule has 3 aromatic carbocycles. The Balaban J connectivity index is 2.31. The van der Waals surface area contributed by atoms with Crippen molar-refractivity contribution < 1.29 is 18.1 Å². The molecular weight excluding hydrogens is 348 g/mol. The van der Waals surface area contributed by atoms with Crippen molar-refractivity contribution >= 4 is 44.9 Å². The molecule has 6 nitrogen and oxygen atoms in total. The quantitative estimate of drug-likeness (QED) is 0.364. The number of azo groups is 1. The van der Waals surface area contributed by atoms with Crippen LogP contribution >= 0.6 is 12.6 Å². The van der Waals surface area contributed by atoms with E-state index in [0.717, 1.165) is 0 Å². The summed E-state index contributed by atoms with van der Waals surface area (Å²) in [7, 11) is -4.54. The van der Waals surface area contributed by atoms with E-state index < -0.39 is 10.1 Å². The molecule has 3 rings (SSSR count). The van der Waals surface area contributed by atoms with Gasteiger partial charge in [0, 0.05) is 10.3 Å². The van der Waals surface area contributed by atoms with Gasteiger partial charge >= 0.3 is 0 Å². The lowest BCUT2D eigenvalue weighted by Gasteiger charge is -2.09. The molecule has 0 spiro atoms. The number of benzene rings is 3. The summed E-state index contributed by atoms with van der Waals surface area (Å²) in [5.41, 5.74) is 0.491. The van der Waals surface area contributed by atoms with Gasteiger partial charge in [0.2, 0.25) is 0 Å². The van der Waals surface area contributed by atoms with Gasteiger partial charge in [0.05, 0.1) is 5.69 Å². The van der Waals surface area contributed by atoms with Gasteiger partial charge in [-0.25, -0.2) is 0 Å². The van der Waals surface area contributed by atoms with Gasteiger partial charge < -0.3 is 5.11 Å². The van der Waals surface area contributed by atoms with E-state index in [4.69, 9.17) is 0 Å². The highest BCUT2D eigenvalue weighted by molar-refractivity contribution is 7.86. The molecule has 0 aromatic heterocycles. The molecule has 0 amide bonds. The summed E-state index contributed by atoms with van der Waals surface area (Å²) in [5, 5.41) is 18.6. The van der Waals surface area contributed by atoms with Crippen LogP contribution < -0.4 is 0 Å². The molecule has 0 unspecified atom stereocenters. The number of phenolic OH excluding ortho intramolecular Hbond substituents is 1. The maximum absolute atomic E-state index is 11.7. The number of rotatable bonds is 3. The molecule has 0 fully saturated rings. The van der Waals surface area contributed by atoms with Gasteiger partial charge in [-0.05, 0) is 35.7 Å². The van der Waals surface area contributed by atoms with Crippen LogP contribution in [0.4, 0.5) is 11.4 Å². The minimum atomic E-state index is -4.54. The van der Waals surface area contributed by atoms with Crippen LogP contribution in [0.3, 0.4) is 0 Å². The zero-order valence-electron chi connectivity index (χ0n) is 12.2. The van der Waals surface area contributed by atoms with E-state index in [-0.39, 0.29) is 21.7 Å². The fourth-order valence-corrected chi connectivity index (χ4v) is 3.39. The molecule has 0 atom stereocenters. The molecule has 0 saturated carbocycles. The molecule has 3 aromatic rings. The second-order valence-corrected chi connectivity index (χ2v) is 6.89. The van der Waals surface area contributed by atoms with E-state index in [1.54, 1.807) is 30.3 Å². The topological polar surface area (TPSA) is 99.3 Å². The van der Waals surface area contributed by atoms with Crippen LogP contribution in [-0.4, -0.2) is 18.1 Å². The van der Waals surface area contributed by atoms with E-state index in [2.05, 4.69) is 22.9 Å². The molecular formula is C16H12N2O4S2. The largest absolute Gasteiger partial charge is 0.506 e. The number of phenols is 1. The normalized spacial score (nSPS) is 12.1. The minimum Gasteiger partial charge on any atom is -0.506 e. The molecule has 8 heteroatoms. The first-order valence-corrected chi connectivity index (χ1v) is 8.68. The monoisotopic (exact) mass is 360 g/mol. The Bertz CT molecular complexity index is 1050. The number of hydrogen-bond acceptors (Lipinski definition) is 6. The minimum absolute atomic E-state index is 0.0442. The first-order valence-electron chi connectivity index (χ1n) is 6.79. The van der Waals surface area contributed by atoms with Crippen LogP contribution in [0.5, 0.6) is 5.75 Å². The summed E-state index contributed by atoms with van der Waals surface area (Å²) >= 11 is 4.14. The Kier molecular flexibility index (Phi) is 4.27. The number of nitrogens with zero attached hydrogens (tertiary/aromatic N) is 2. The van der Waals surface area contributed by atoms with Gasteiger partial charge in [-0.1, -0.05) is 24.3 Å². The zero-order chi connectivity index (χ0) is 17.3. The maximum Gasteiger partial charge on any atom is 0.295 e. The summed E-state index contributed by atoms with van der Waals surface area (Å²) in [6, 6.07) is 14.5. The number of fused-ring (bicyclic) bond motifs is 1. The average molecular weight is 360 g/mol. The van der Waals surface area contributed by atoms with Crippen LogP contribution in [0, 0.1) is 0 Å². The third-order valence-electron chi connectivity index (χ3n) is 3.32. The van der Waals surface area contributed by atoms with E-state index in [1.165, 1.54) is 18.2 Å². The smallest absolute Gasteiger partial charge is 0.295 e. The second-order valence-electron chi connectivity index (χ2n) is 4.99. The van der Waals surface area contributed by atoms with Gasteiger partial charge in [0.25, 0.3) is 10.1 Å². The average Bonchev–Trinajstić information content (AvgIpc) is 2.53. The van der Waals surface area contributed by atoms with Crippen molar-refractivity contribution in [2.45, 2.75) is 9.79 Å². The summed E-state index contributed by atoms with van der Waals surface area (Å²) in [4.78, 5) is -0.0327. The van der Waals surface area contributed by atoms with Crippen molar-refractivity contribution in [3.63, 3.8) is 0 Å². The summed E-state index contributed by atoms with van der Waals surface area (Å²) in [5.74, 6) is -0.251. The van der Waals surface area contributed by atoms with Crippen LogP contribution in [0.1, 0.15) is 0 Å². The third kappa shape index (κ3) is 3.25. The first kappa shape index (κ1) is 16.4. The van der Waals surface area contributed by atoms with E-state index in [0.29, 0.717) is 16.0 Å². The van der Waals surface area contributed by atoms with Crippen LogP contribution in [0.15, 0.2) is 74.6 Å². The summed E-state index contributed by atoms with van der Waals surface area (Å²) in [6.07, 6.45) is 0. The zero-order valence-corrected chi connectivity index (χ0v) is 13.9. The SMILES string of the molecule is O=S(=O)(O)c1cc(S)cc2ccc(O)c(N=Nc3ccccc3)c12. The Morgan fingerprint density at radius 3 is 2.33 bits per heavy atom. The molecule has 122 valence electrons. The number of thiol groups is 1. The van der Waals surface area contributed by atoms with Crippen molar-refractivity contribution in [2.75, 3.05) is 0 Å². The molecule has 0 heterocycles. The summed E-state index contributed by atoms with van der Waals surface area (Å²) < 4.78 is 32.9. The van der Waals surface area contributed by atoms with E-state index in [9.17, 15) is 18.1 Å². The lowest BCUT2D eigenvalue weighted by molar-refractivity contribution is 0.477. The highest BCUT2D eigenvalue weighted by Gasteiger charge is 2.20.